The van der Waals surface area contributed by atoms with Crippen molar-refractivity contribution in [2.24, 2.45) is 0 Å². The standard InChI is InChI=1S/C27H28N2O/c1-21-19-24-25(20-28-17-9-4-10-18-28)27(30)16-15-26(24)29(21,22-11-5-2-6-12-22)23-13-7-3-8-14-23/h2-3,5-8,11-16,19H,4,9-10,17-18,20H2,1H3/p+1. The summed E-state index contributed by atoms with van der Waals surface area (Å²) in [5, 5.41) is 10.8. The number of phenols is 1. The molecule has 2 aliphatic rings. The van der Waals surface area contributed by atoms with Gasteiger partial charge < -0.3 is 5.11 Å². The summed E-state index contributed by atoms with van der Waals surface area (Å²) in [4.78, 5) is 2.49. The fraction of sp³-hybridized carbons (Fsp3) is 0.259. The molecule has 0 saturated carbocycles. The van der Waals surface area contributed by atoms with Gasteiger partial charge in [-0.2, -0.15) is 4.48 Å². The summed E-state index contributed by atoms with van der Waals surface area (Å²) in [5.41, 5.74) is 7.12. The van der Waals surface area contributed by atoms with Crippen molar-refractivity contribution in [2.45, 2.75) is 32.7 Å². The van der Waals surface area contributed by atoms with E-state index in [4.69, 9.17) is 0 Å². The Balaban J connectivity index is 1.71. The van der Waals surface area contributed by atoms with Crippen LogP contribution >= 0.6 is 0 Å². The first kappa shape index (κ1) is 19.1. The van der Waals surface area contributed by atoms with Crippen LogP contribution in [0.3, 0.4) is 0 Å². The second-order valence-corrected chi connectivity index (χ2v) is 8.46. The van der Waals surface area contributed by atoms with Crippen LogP contribution in [0.5, 0.6) is 5.75 Å². The van der Waals surface area contributed by atoms with Crippen molar-refractivity contribution in [3.05, 3.63) is 89.6 Å². The first-order chi connectivity index (χ1) is 14.7. The van der Waals surface area contributed by atoms with Gasteiger partial charge in [0.15, 0.2) is 5.69 Å². The van der Waals surface area contributed by atoms with E-state index in [9.17, 15) is 5.11 Å². The second-order valence-electron chi connectivity index (χ2n) is 8.46. The number of benzene rings is 3. The van der Waals surface area contributed by atoms with Gasteiger partial charge in [0.25, 0.3) is 0 Å². The van der Waals surface area contributed by atoms with Gasteiger partial charge in [0.1, 0.15) is 22.8 Å². The smallest absolute Gasteiger partial charge is 0.156 e. The number of fused-ring (bicyclic) bond motifs is 1. The fourth-order valence-corrected chi connectivity index (χ4v) is 5.24. The molecule has 0 radical (unpaired) electrons. The van der Waals surface area contributed by atoms with E-state index in [0.717, 1.165) is 25.2 Å². The Kier molecular flexibility index (Phi) is 4.93. The third-order valence-electron chi connectivity index (χ3n) is 6.67. The van der Waals surface area contributed by atoms with Crippen molar-refractivity contribution in [1.82, 2.24) is 9.38 Å². The van der Waals surface area contributed by atoms with Crippen LogP contribution in [0.2, 0.25) is 0 Å². The van der Waals surface area contributed by atoms with Gasteiger partial charge in [0, 0.05) is 55.4 Å². The molecule has 2 heterocycles. The molecule has 1 fully saturated rings. The largest absolute Gasteiger partial charge is 0.508 e. The van der Waals surface area contributed by atoms with Gasteiger partial charge in [-0.15, -0.1) is 0 Å². The summed E-state index contributed by atoms with van der Waals surface area (Å²) >= 11 is 0. The number of nitrogens with zero attached hydrogens (tertiary/aromatic N) is 2. The van der Waals surface area contributed by atoms with Gasteiger partial charge in [-0.25, -0.2) is 0 Å². The predicted octanol–water partition coefficient (Wildman–Crippen LogP) is 6.72. The van der Waals surface area contributed by atoms with E-state index in [1.807, 2.05) is 6.07 Å². The van der Waals surface area contributed by atoms with Crippen LogP contribution in [0.25, 0.3) is 6.08 Å². The van der Waals surface area contributed by atoms with Crippen molar-refractivity contribution in [2.75, 3.05) is 13.1 Å². The van der Waals surface area contributed by atoms with E-state index in [1.165, 1.54) is 47.6 Å². The molecule has 1 saturated heterocycles. The zero-order valence-electron chi connectivity index (χ0n) is 17.6. The Bertz CT molecular complexity index is 1030. The van der Waals surface area contributed by atoms with Gasteiger partial charge in [-0.1, -0.05) is 42.8 Å². The minimum atomic E-state index is 0.407. The van der Waals surface area contributed by atoms with Gasteiger partial charge in [-0.3, -0.25) is 4.90 Å². The Morgan fingerprint density at radius 3 is 2.00 bits per heavy atom. The van der Waals surface area contributed by atoms with Gasteiger partial charge >= 0.3 is 0 Å². The van der Waals surface area contributed by atoms with Crippen molar-refractivity contribution < 1.29 is 5.11 Å². The first-order valence-electron chi connectivity index (χ1n) is 11.0. The van der Waals surface area contributed by atoms with Crippen LogP contribution in [-0.4, -0.2) is 23.1 Å². The molecule has 2 aliphatic heterocycles. The Hall–Kier alpha value is -2.88. The van der Waals surface area contributed by atoms with Crippen molar-refractivity contribution >= 4 is 23.1 Å². The molecule has 0 aliphatic carbocycles. The first-order valence-corrected chi connectivity index (χ1v) is 11.0. The average Bonchev–Trinajstić information content (AvgIpc) is 3.10. The lowest BCUT2D eigenvalue weighted by molar-refractivity contribution is 0.218. The second kappa shape index (κ2) is 7.75. The number of rotatable bonds is 4. The Morgan fingerprint density at radius 1 is 0.800 bits per heavy atom. The van der Waals surface area contributed by atoms with E-state index < -0.39 is 0 Å². The fourth-order valence-electron chi connectivity index (χ4n) is 5.24. The summed E-state index contributed by atoms with van der Waals surface area (Å²) in [7, 11) is 0. The Morgan fingerprint density at radius 2 is 1.40 bits per heavy atom. The molecule has 152 valence electrons. The number of allylic oxidation sites excluding steroid dienone is 1. The molecular formula is C27H29N2O+. The molecule has 0 spiro atoms. The maximum absolute atomic E-state index is 10.8. The molecule has 5 rings (SSSR count). The molecule has 3 aromatic rings. The highest BCUT2D eigenvalue weighted by atomic mass is 16.3. The maximum Gasteiger partial charge on any atom is 0.156 e. The summed E-state index contributed by atoms with van der Waals surface area (Å²) < 4.78 is 0.574. The highest BCUT2D eigenvalue weighted by Gasteiger charge is 2.45. The quantitative estimate of drug-likeness (QED) is 0.494. The van der Waals surface area contributed by atoms with Crippen LogP contribution in [0.15, 0.2) is 78.5 Å². The molecule has 3 heteroatoms. The Labute approximate surface area is 179 Å². The minimum Gasteiger partial charge on any atom is -0.508 e. The summed E-state index contributed by atoms with van der Waals surface area (Å²) in [6.07, 6.45) is 6.10. The molecule has 0 aromatic heterocycles. The van der Waals surface area contributed by atoms with Crippen molar-refractivity contribution in [3.8, 4) is 5.75 Å². The molecule has 0 atom stereocenters. The molecule has 0 unspecified atom stereocenters. The van der Waals surface area contributed by atoms with E-state index in [1.54, 1.807) is 0 Å². The number of hydrogen-bond donors (Lipinski definition) is 1. The lowest BCUT2D eigenvalue weighted by atomic mass is 10.0. The number of quaternary nitrogens is 1. The number of piperidine rings is 1. The van der Waals surface area contributed by atoms with Gasteiger partial charge in [0.2, 0.25) is 0 Å². The van der Waals surface area contributed by atoms with Crippen LogP contribution in [-0.2, 0) is 6.54 Å². The third-order valence-corrected chi connectivity index (χ3v) is 6.67. The molecular weight excluding hydrogens is 368 g/mol. The summed E-state index contributed by atoms with van der Waals surface area (Å²) in [6.45, 7) is 5.25. The number of aromatic hydroxyl groups is 1. The van der Waals surface area contributed by atoms with E-state index in [0.29, 0.717) is 10.2 Å². The topological polar surface area (TPSA) is 23.5 Å². The summed E-state index contributed by atoms with van der Waals surface area (Å²) in [6, 6.07) is 25.4. The van der Waals surface area contributed by atoms with Gasteiger partial charge in [-0.05, 0) is 32.0 Å². The van der Waals surface area contributed by atoms with Crippen LogP contribution in [0, 0.1) is 0 Å². The molecule has 0 amide bonds. The van der Waals surface area contributed by atoms with E-state index in [-0.39, 0.29) is 0 Å². The number of hydrogen-bond acceptors (Lipinski definition) is 2. The SMILES string of the molecule is CC1=Cc2c(ccc(O)c2CN2CCCCC2)[N+]1(c1ccccc1)c1ccccc1. The van der Waals surface area contributed by atoms with E-state index >= 15 is 0 Å². The molecule has 1 N–H and O–H groups in total. The lowest BCUT2D eigenvalue weighted by Crippen LogP contribution is -2.35. The van der Waals surface area contributed by atoms with Crippen LogP contribution in [0.4, 0.5) is 17.1 Å². The zero-order chi connectivity index (χ0) is 20.6. The highest BCUT2D eigenvalue weighted by molar-refractivity contribution is 5.90. The van der Waals surface area contributed by atoms with Crippen molar-refractivity contribution in [3.63, 3.8) is 0 Å². The van der Waals surface area contributed by atoms with Crippen LogP contribution in [0.1, 0.15) is 37.3 Å². The van der Waals surface area contributed by atoms with Crippen molar-refractivity contribution in [1.29, 1.82) is 0 Å². The highest BCUT2D eigenvalue weighted by Crippen LogP contribution is 2.55. The molecule has 3 nitrogen and oxygen atoms in total. The number of para-hydroxylation sites is 2. The maximum atomic E-state index is 10.8. The molecule has 3 aromatic carbocycles. The normalized spacial score (nSPS) is 18.1. The van der Waals surface area contributed by atoms with E-state index in [2.05, 4.69) is 84.6 Å². The lowest BCUT2D eigenvalue weighted by Gasteiger charge is -2.35. The minimum absolute atomic E-state index is 0.407. The average molecular weight is 398 g/mol. The van der Waals surface area contributed by atoms with Crippen LogP contribution < -0.4 is 4.48 Å². The number of phenolic OH excluding ortho intramolecular Hbond substituents is 1. The predicted molar refractivity (Wildman–Crippen MR) is 125 cm³/mol. The summed E-state index contributed by atoms with van der Waals surface area (Å²) in [5.74, 6) is 0.407. The number of likely N-dealkylation sites (tertiary alicyclic amines) is 1. The third kappa shape index (κ3) is 2.97. The molecule has 0 bridgehead atoms. The molecule has 30 heavy (non-hydrogen) atoms. The zero-order valence-corrected chi connectivity index (χ0v) is 17.6. The monoisotopic (exact) mass is 397 g/mol. The van der Waals surface area contributed by atoms with Gasteiger partial charge in [0.05, 0.1) is 5.56 Å².